The number of anilines is 1. The molecule has 2 aliphatic rings. The third kappa shape index (κ3) is 4.56. The molecule has 2 fully saturated rings. The third-order valence-corrected chi connectivity index (χ3v) is 6.48. The molecule has 4 nitrogen and oxygen atoms in total. The van der Waals surface area contributed by atoms with Gasteiger partial charge in [-0.05, 0) is 37.7 Å². The standard InChI is InChI=1S/C20H27ClF3N3O/c1-13-5-3-4-6-17(13)26(2)19(28)14-7-9-27(10-8-14)18-16(21)11-15(12-25-18)20(22,23)24/h11-14,17H,3-10H2,1-2H3. The Kier molecular flexibility index (Phi) is 6.42. The topological polar surface area (TPSA) is 36.4 Å². The van der Waals surface area contributed by atoms with E-state index in [1.807, 2.05) is 16.8 Å². The summed E-state index contributed by atoms with van der Waals surface area (Å²) >= 11 is 6.06. The number of carbonyl (C=O) groups excluding carboxylic acids is 1. The minimum Gasteiger partial charge on any atom is -0.355 e. The van der Waals surface area contributed by atoms with Crippen LogP contribution in [0.3, 0.4) is 0 Å². The number of carbonyl (C=O) groups is 1. The van der Waals surface area contributed by atoms with E-state index < -0.39 is 11.7 Å². The molecule has 8 heteroatoms. The van der Waals surface area contributed by atoms with Crippen LogP contribution in [0.15, 0.2) is 12.3 Å². The van der Waals surface area contributed by atoms with E-state index in [0.717, 1.165) is 18.7 Å². The van der Waals surface area contributed by atoms with Gasteiger partial charge in [0, 0.05) is 38.3 Å². The van der Waals surface area contributed by atoms with E-state index in [4.69, 9.17) is 11.6 Å². The number of pyridine rings is 1. The summed E-state index contributed by atoms with van der Waals surface area (Å²) in [6.07, 6.45) is 2.30. The molecule has 3 rings (SSSR count). The number of halogens is 4. The lowest BCUT2D eigenvalue weighted by molar-refractivity contribution is -0.139. The van der Waals surface area contributed by atoms with Gasteiger partial charge in [-0.2, -0.15) is 13.2 Å². The van der Waals surface area contributed by atoms with Gasteiger partial charge in [-0.25, -0.2) is 4.98 Å². The summed E-state index contributed by atoms with van der Waals surface area (Å²) in [4.78, 5) is 20.7. The van der Waals surface area contributed by atoms with Gasteiger partial charge in [0.15, 0.2) is 0 Å². The van der Waals surface area contributed by atoms with E-state index in [1.54, 1.807) is 0 Å². The van der Waals surface area contributed by atoms with Crippen molar-refractivity contribution in [2.75, 3.05) is 25.0 Å². The van der Waals surface area contributed by atoms with Crippen molar-refractivity contribution in [2.24, 2.45) is 11.8 Å². The molecule has 0 bridgehead atoms. The summed E-state index contributed by atoms with van der Waals surface area (Å²) in [7, 11) is 1.91. The van der Waals surface area contributed by atoms with Crippen LogP contribution in [0.25, 0.3) is 0 Å². The molecule has 1 aliphatic carbocycles. The van der Waals surface area contributed by atoms with Gasteiger partial charge >= 0.3 is 6.18 Å². The van der Waals surface area contributed by atoms with E-state index in [0.29, 0.717) is 43.7 Å². The monoisotopic (exact) mass is 417 g/mol. The second-order valence-electron chi connectivity index (χ2n) is 8.07. The first-order valence-corrected chi connectivity index (χ1v) is 10.3. The number of rotatable bonds is 3. The molecule has 2 unspecified atom stereocenters. The summed E-state index contributed by atoms with van der Waals surface area (Å²) in [5.74, 6) is 1.02. The fourth-order valence-electron chi connectivity index (χ4n) is 4.48. The van der Waals surface area contributed by atoms with Crippen molar-refractivity contribution in [2.45, 2.75) is 57.7 Å². The second kappa shape index (κ2) is 8.47. The maximum Gasteiger partial charge on any atom is 0.417 e. The molecule has 2 heterocycles. The molecular formula is C20H27ClF3N3O. The van der Waals surface area contributed by atoms with E-state index in [9.17, 15) is 18.0 Å². The maximum atomic E-state index is 12.9. The smallest absolute Gasteiger partial charge is 0.355 e. The largest absolute Gasteiger partial charge is 0.417 e. The molecule has 1 aliphatic heterocycles. The lowest BCUT2D eigenvalue weighted by Crippen LogP contribution is -2.47. The van der Waals surface area contributed by atoms with Crippen LogP contribution in [0.4, 0.5) is 19.0 Å². The van der Waals surface area contributed by atoms with Gasteiger partial charge in [0.25, 0.3) is 0 Å². The fourth-order valence-corrected chi connectivity index (χ4v) is 4.77. The van der Waals surface area contributed by atoms with Crippen LogP contribution in [0, 0.1) is 11.8 Å². The van der Waals surface area contributed by atoms with Crippen LogP contribution in [-0.2, 0) is 11.0 Å². The summed E-state index contributed by atoms with van der Waals surface area (Å²) in [5, 5.41) is -0.00671. The average Bonchev–Trinajstić information content (AvgIpc) is 2.66. The molecule has 1 aromatic heterocycles. The second-order valence-corrected chi connectivity index (χ2v) is 8.47. The zero-order valence-electron chi connectivity index (χ0n) is 16.3. The van der Waals surface area contributed by atoms with Crippen molar-refractivity contribution >= 4 is 23.3 Å². The SMILES string of the molecule is CC1CCCCC1N(C)C(=O)C1CCN(c2ncc(C(F)(F)F)cc2Cl)CC1. The number of aromatic nitrogens is 1. The third-order valence-electron chi connectivity index (χ3n) is 6.20. The highest BCUT2D eigenvalue weighted by Crippen LogP contribution is 2.35. The maximum absolute atomic E-state index is 12.9. The first kappa shape index (κ1) is 21.2. The van der Waals surface area contributed by atoms with Crippen molar-refractivity contribution in [3.63, 3.8) is 0 Å². The predicted molar refractivity (Wildman–Crippen MR) is 103 cm³/mol. The summed E-state index contributed by atoms with van der Waals surface area (Å²) in [6, 6.07) is 1.23. The van der Waals surface area contributed by atoms with E-state index in [-0.39, 0.29) is 16.8 Å². The van der Waals surface area contributed by atoms with Crippen LogP contribution in [0.2, 0.25) is 5.02 Å². The Hall–Kier alpha value is -1.50. The predicted octanol–water partition coefficient (Wildman–Crippen LogP) is 5.01. The number of piperidine rings is 1. The van der Waals surface area contributed by atoms with Crippen LogP contribution in [0.1, 0.15) is 51.0 Å². The number of nitrogens with zero attached hydrogens (tertiary/aromatic N) is 3. The molecule has 1 saturated heterocycles. The minimum absolute atomic E-state index is 0.00671. The minimum atomic E-state index is -4.46. The highest BCUT2D eigenvalue weighted by atomic mass is 35.5. The molecule has 0 N–H and O–H groups in total. The Morgan fingerprint density at radius 3 is 2.43 bits per heavy atom. The van der Waals surface area contributed by atoms with Crippen molar-refractivity contribution in [1.29, 1.82) is 0 Å². The van der Waals surface area contributed by atoms with Crippen molar-refractivity contribution in [3.8, 4) is 0 Å². The van der Waals surface area contributed by atoms with Crippen molar-refractivity contribution < 1.29 is 18.0 Å². The zero-order valence-corrected chi connectivity index (χ0v) is 17.1. The molecule has 0 radical (unpaired) electrons. The van der Waals surface area contributed by atoms with Crippen LogP contribution in [-0.4, -0.2) is 42.0 Å². The van der Waals surface area contributed by atoms with Gasteiger partial charge in [0.1, 0.15) is 5.82 Å². The molecule has 28 heavy (non-hydrogen) atoms. The molecule has 2 atom stereocenters. The van der Waals surface area contributed by atoms with Crippen LogP contribution in [0.5, 0.6) is 0 Å². The highest BCUT2D eigenvalue weighted by Gasteiger charge is 2.35. The van der Waals surface area contributed by atoms with Gasteiger partial charge in [0.2, 0.25) is 5.91 Å². The van der Waals surface area contributed by atoms with Crippen molar-refractivity contribution in [1.82, 2.24) is 9.88 Å². The van der Waals surface area contributed by atoms with Gasteiger partial charge in [-0.3, -0.25) is 4.79 Å². The van der Waals surface area contributed by atoms with E-state index in [1.165, 1.54) is 19.3 Å². The Labute approximate surface area is 169 Å². The lowest BCUT2D eigenvalue weighted by Gasteiger charge is -2.40. The molecule has 0 aromatic carbocycles. The molecule has 1 amide bonds. The molecule has 1 aromatic rings. The van der Waals surface area contributed by atoms with Crippen LogP contribution >= 0.6 is 11.6 Å². The Bertz CT molecular complexity index is 704. The fraction of sp³-hybridized carbons (Fsp3) is 0.700. The van der Waals surface area contributed by atoms with E-state index >= 15 is 0 Å². The van der Waals surface area contributed by atoms with Gasteiger partial charge in [-0.15, -0.1) is 0 Å². The number of alkyl halides is 3. The van der Waals surface area contributed by atoms with Gasteiger partial charge < -0.3 is 9.80 Å². The van der Waals surface area contributed by atoms with Crippen molar-refractivity contribution in [3.05, 3.63) is 22.8 Å². The zero-order chi connectivity index (χ0) is 20.5. The number of hydrogen-bond acceptors (Lipinski definition) is 3. The molecule has 0 spiro atoms. The number of hydrogen-bond donors (Lipinski definition) is 0. The Morgan fingerprint density at radius 1 is 1.21 bits per heavy atom. The van der Waals surface area contributed by atoms with E-state index in [2.05, 4.69) is 11.9 Å². The Morgan fingerprint density at radius 2 is 1.86 bits per heavy atom. The first-order valence-electron chi connectivity index (χ1n) is 9.93. The van der Waals surface area contributed by atoms with Gasteiger partial charge in [0.05, 0.1) is 10.6 Å². The molecule has 1 saturated carbocycles. The summed E-state index contributed by atoms with van der Waals surface area (Å²) in [5.41, 5.74) is -0.852. The Balaban J connectivity index is 1.60. The molecular weight excluding hydrogens is 391 g/mol. The summed E-state index contributed by atoms with van der Waals surface area (Å²) in [6.45, 7) is 3.33. The lowest BCUT2D eigenvalue weighted by atomic mass is 9.84. The van der Waals surface area contributed by atoms with Gasteiger partial charge in [-0.1, -0.05) is 31.4 Å². The summed E-state index contributed by atoms with van der Waals surface area (Å²) < 4.78 is 38.4. The molecule has 156 valence electrons. The highest BCUT2D eigenvalue weighted by molar-refractivity contribution is 6.33. The normalized spacial score (nSPS) is 24.3. The first-order chi connectivity index (χ1) is 13.2. The van der Waals surface area contributed by atoms with Crippen LogP contribution < -0.4 is 4.90 Å². The quantitative estimate of drug-likeness (QED) is 0.693. The average molecular weight is 418 g/mol. The number of amides is 1.